The monoisotopic (exact) mass is 524 g/mol. The quantitative estimate of drug-likeness (QED) is 0.138. The highest BCUT2D eigenvalue weighted by molar-refractivity contribution is 6.74. The first-order chi connectivity index (χ1) is 16.8. The molecule has 8 heteroatoms. The first-order valence-corrected chi connectivity index (χ1v) is 15.6. The van der Waals surface area contributed by atoms with Crippen LogP contribution in [0.4, 0.5) is 0 Å². The Morgan fingerprint density at radius 3 is 2.44 bits per heavy atom. The molecule has 0 unspecified atom stereocenters. The number of esters is 1. The van der Waals surface area contributed by atoms with Crippen LogP contribution in [0.3, 0.4) is 0 Å². The van der Waals surface area contributed by atoms with Gasteiger partial charge in [-0.05, 0) is 32.0 Å². The van der Waals surface area contributed by atoms with Gasteiger partial charge in [0.25, 0.3) is 0 Å². The van der Waals surface area contributed by atoms with Crippen molar-refractivity contribution >= 4 is 14.3 Å². The Kier molecular flexibility index (Phi) is 13.1. The first kappa shape index (κ1) is 32.6. The van der Waals surface area contributed by atoms with E-state index in [4.69, 9.17) is 34.5 Å². The lowest BCUT2D eigenvalue weighted by Gasteiger charge is -2.47. The zero-order valence-electron chi connectivity index (χ0n) is 24.0. The smallest absolute Gasteiger partial charge is 0.311 e. The van der Waals surface area contributed by atoms with Gasteiger partial charge in [0, 0.05) is 40.6 Å². The largest absolute Gasteiger partial charge is 0.466 e. The minimum absolute atomic E-state index is 0.00459. The third kappa shape index (κ3) is 9.77. The van der Waals surface area contributed by atoms with Crippen LogP contribution >= 0.6 is 0 Å². The zero-order chi connectivity index (χ0) is 27.6. The van der Waals surface area contributed by atoms with Crippen molar-refractivity contribution in [2.75, 3.05) is 27.9 Å². The molecule has 0 aromatic heterocycles. The molecule has 0 radical (unpaired) electrons. The molecule has 1 aliphatic rings. The fraction of sp³-hybridized carbons (Fsp3) is 0.750. The molecule has 5 atom stereocenters. The van der Waals surface area contributed by atoms with Gasteiger partial charge in [0.2, 0.25) is 0 Å². The molecule has 1 aliphatic heterocycles. The standard InChI is InChI=1S/C28H48O7Si/c1-12-14-22(30-7)16-15-21(3)17-25(35-36(10,11)27(4,5)6)24-18-23(31-8)19-28(32-9,34-24)20-26(29)33-13-2/h1,15-17,22-25H,13-14,18-20H2,2-11H3/b16-15+,21-17+/t22-,23-,24-,25-,28+/m1/s1. The fourth-order valence-electron chi connectivity index (χ4n) is 3.85. The molecule has 1 saturated heterocycles. The molecule has 7 nitrogen and oxygen atoms in total. The van der Waals surface area contributed by atoms with E-state index in [9.17, 15) is 4.79 Å². The number of methoxy groups -OCH3 is 3. The van der Waals surface area contributed by atoms with Gasteiger partial charge in [-0.1, -0.05) is 44.6 Å². The van der Waals surface area contributed by atoms with Gasteiger partial charge in [0.15, 0.2) is 14.1 Å². The highest BCUT2D eigenvalue weighted by Gasteiger charge is 2.48. The fourth-order valence-corrected chi connectivity index (χ4v) is 5.10. The molecule has 0 bridgehead atoms. The van der Waals surface area contributed by atoms with Crippen LogP contribution in [0.2, 0.25) is 18.1 Å². The lowest BCUT2D eigenvalue weighted by molar-refractivity contribution is -0.297. The molecule has 36 heavy (non-hydrogen) atoms. The van der Waals surface area contributed by atoms with E-state index in [0.717, 1.165) is 5.57 Å². The molecule has 0 aromatic carbocycles. The van der Waals surface area contributed by atoms with Crippen LogP contribution in [0.15, 0.2) is 23.8 Å². The minimum Gasteiger partial charge on any atom is -0.466 e. The first-order valence-electron chi connectivity index (χ1n) is 12.7. The molecule has 0 aliphatic carbocycles. The van der Waals surface area contributed by atoms with Crippen LogP contribution in [-0.4, -0.2) is 72.4 Å². The lowest BCUT2D eigenvalue weighted by atomic mass is 9.92. The van der Waals surface area contributed by atoms with Gasteiger partial charge in [-0.15, -0.1) is 12.3 Å². The molecule has 206 valence electrons. The van der Waals surface area contributed by atoms with Crippen molar-refractivity contribution in [1.82, 2.24) is 0 Å². The second-order valence-electron chi connectivity index (χ2n) is 10.8. The van der Waals surface area contributed by atoms with E-state index in [1.807, 2.05) is 19.1 Å². The Balaban J connectivity index is 3.40. The Morgan fingerprint density at radius 2 is 1.94 bits per heavy atom. The van der Waals surface area contributed by atoms with Gasteiger partial charge in [-0.2, -0.15) is 0 Å². The summed E-state index contributed by atoms with van der Waals surface area (Å²) in [5.74, 6) is 1.11. The van der Waals surface area contributed by atoms with E-state index in [1.165, 1.54) is 0 Å². The SMILES string of the molecule is C#CC[C@H](/C=C/C(C)=C/[C@@H](O[Si](C)(C)C(C)(C)C)[C@H]1C[C@@H](OC)C[C@](CC(=O)OCC)(OC)O1)OC. The van der Waals surface area contributed by atoms with Gasteiger partial charge in [0.05, 0.1) is 37.4 Å². The molecule has 0 saturated carbocycles. The number of terminal acetylenes is 1. The van der Waals surface area contributed by atoms with E-state index >= 15 is 0 Å². The van der Waals surface area contributed by atoms with Crippen molar-refractivity contribution in [3.63, 3.8) is 0 Å². The Morgan fingerprint density at radius 1 is 1.28 bits per heavy atom. The molecular formula is C28H48O7Si. The third-order valence-electron chi connectivity index (χ3n) is 7.05. The van der Waals surface area contributed by atoms with Crippen molar-refractivity contribution in [3.8, 4) is 12.3 Å². The molecule has 0 amide bonds. The maximum absolute atomic E-state index is 12.4. The zero-order valence-corrected chi connectivity index (χ0v) is 25.0. The number of rotatable bonds is 13. The van der Waals surface area contributed by atoms with E-state index in [0.29, 0.717) is 25.9 Å². The Labute approximate surface area is 220 Å². The molecule has 0 spiro atoms. The molecular weight excluding hydrogens is 476 g/mol. The summed E-state index contributed by atoms with van der Waals surface area (Å²) in [6.45, 7) is 15.1. The summed E-state index contributed by atoms with van der Waals surface area (Å²) in [7, 11) is 2.67. The van der Waals surface area contributed by atoms with Gasteiger partial charge in [-0.25, -0.2) is 0 Å². The highest BCUT2D eigenvalue weighted by Crippen LogP contribution is 2.41. The number of hydrogen-bond acceptors (Lipinski definition) is 7. The number of carbonyl (C=O) groups is 1. The minimum atomic E-state index is -2.19. The lowest BCUT2D eigenvalue weighted by Crippen LogP contribution is -2.55. The number of hydrogen-bond donors (Lipinski definition) is 0. The normalized spacial score (nSPS) is 25.4. The average molecular weight is 525 g/mol. The van der Waals surface area contributed by atoms with Crippen LogP contribution in [0.5, 0.6) is 0 Å². The van der Waals surface area contributed by atoms with Crippen molar-refractivity contribution in [3.05, 3.63) is 23.8 Å². The molecule has 0 N–H and O–H groups in total. The molecule has 1 fully saturated rings. The highest BCUT2D eigenvalue weighted by atomic mass is 28.4. The number of ether oxygens (including phenoxy) is 5. The van der Waals surface area contributed by atoms with Crippen molar-refractivity contribution in [2.45, 2.75) is 109 Å². The maximum atomic E-state index is 12.4. The van der Waals surface area contributed by atoms with Crippen LogP contribution in [-0.2, 0) is 32.9 Å². The predicted molar refractivity (Wildman–Crippen MR) is 145 cm³/mol. The van der Waals surface area contributed by atoms with E-state index in [1.54, 1.807) is 28.3 Å². The Bertz CT molecular complexity index is 793. The molecule has 0 aromatic rings. The Hall–Kier alpha value is -1.47. The average Bonchev–Trinajstić information content (AvgIpc) is 2.80. The second kappa shape index (κ2) is 14.5. The second-order valence-corrected chi connectivity index (χ2v) is 15.6. The summed E-state index contributed by atoms with van der Waals surface area (Å²) in [6, 6.07) is 0. The molecule has 1 rings (SSSR count). The summed E-state index contributed by atoms with van der Waals surface area (Å²) in [5.41, 5.74) is 0.995. The third-order valence-corrected chi connectivity index (χ3v) is 11.5. The van der Waals surface area contributed by atoms with Gasteiger partial charge in [-0.3, -0.25) is 4.79 Å². The van der Waals surface area contributed by atoms with Crippen LogP contribution in [0.25, 0.3) is 0 Å². The number of carbonyl (C=O) groups excluding carboxylic acids is 1. The van der Waals surface area contributed by atoms with Crippen LogP contribution < -0.4 is 0 Å². The van der Waals surface area contributed by atoms with E-state index < -0.39 is 14.1 Å². The van der Waals surface area contributed by atoms with E-state index in [2.05, 4.69) is 45.9 Å². The topological polar surface area (TPSA) is 72.5 Å². The summed E-state index contributed by atoms with van der Waals surface area (Å²) in [4.78, 5) is 12.4. The summed E-state index contributed by atoms with van der Waals surface area (Å²) < 4.78 is 35.7. The van der Waals surface area contributed by atoms with Crippen molar-refractivity contribution in [2.24, 2.45) is 0 Å². The predicted octanol–water partition coefficient (Wildman–Crippen LogP) is 5.41. The summed E-state index contributed by atoms with van der Waals surface area (Å²) in [6.07, 6.45) is 11.9. The van der Waals surface area contributed by atoms with Gasteiger partial charge < -0.3 is 28.1 Å². The van der Waals surface area contributed by atoms with E-state index in [-0.39, 0.29) is 41.8 Å². The van der Waals surface area contributed by atoms with Crippen LogP contribution in [0.1, 0.15) is 60.3 Å². The van der Waals surface area contributed by atoms with Gasteiger partial charge >= 0.3 is 5.97 Å². The van der Waals surface area contributed by atoms with Crippen molar-refractivity contribution < 1.29 is 32.9 Å². The van der Waals surface area contributed by atoms with Gasteiger partial charge in [0.1, 0.15) is 0 Å². The van der Waals surface area contributed by atoms with Crippen LogP contribution in [0, 0.1) is 12.3 Å². The van der Waals surface area contributed by atoms with Crippen molar-refractivity contribution in [1.29, 1.82) is 0 Å². The summed E-state index contributed by atoms with van der Waals surface area (Å²) in [5, 5.41) is -0.00459. The summed E-state index contributed by atoms with van der Waals surface area (Å²) >= 11 is 0. The maximum Gasteiger partial charge on any atom is 0.311 e. The number of allylic oxidation sites excluding steroid dienone is 2. The molecule has 1 heterocycles.